The standard InChI is InChI=1S/C11H15N/c1-3-9(2)11(12)10-7-5-4-6-8-10/h4-8,11H,2-3,12H2,1H3/t11-/m0/s1. The molecule has 0 spiro atoms. The molecule has 12 heavy (non-hydrogen) atoms. The fourth-order valence-corrected chi connectivity index (χ4v) is 1.12. The van der Waals surface area contributed by atoms with E-state index in [-0.39, 0.29) is 6.04 Å². The van der Waals surface area contributed by atoms with E-state index in [2.05, 4.69) is 13.5 Å². The first-order valence-electron chi connectivity index (χ1n) is 4.24. The lowest BCUT2D eigenvalue weighted by Gasteiger charge is -2.12. The van der Waals surface area contributed by atoms with Gasteiger partial charge in [-0.25, -0.2) is 0 Å². The Labute approximate surface area is 73.9 Å². The van der Waals surface area contributed by atoms with E-state index in [1.54, 1.807) is 0 Å². The highest BCUT2D eigenvalue weighted by Crippen LogP contribution is 2.18. The number of nitrogens with two attached hydrogens (primary N) is 1. The Morgan fingerprint density at radius 2 is 2.00 bits per heavy atom. The highest BCUT2D eigenvalue weighted by Gasteiger charge is 2.06. The SMILES string of the molecule is C=C(CC)[C@H](N)c1ccccc1. The van der Waals surface area contributed by atoms with Gasteiger partial charge in [0, 0.05) is 0 Å². The van der Waals surface area contributed by atoms with Gasteiger partial charge in [-0.15, -0.1) is 0 Å². The van der Waals surface area contributed by atoms with Gasteiger partial charge in [0.05, 0.1) is 6.04 Å². The molecule has 0 heterocycles. The van der Waals surface area contributed by atoms with Gasteiger partial charge in [0.2, 0.25) is 0 Å². The fourth-order valence-electron chi connectivity index (χ4n) is 1.12. The largest absolute Gasteiger partial charge is 0.321 e. The van der Waals surface area contributed by atoms with Gasteiger partial charge in [-0.05, 0) is 12.0 Å². The van der Waals surface area contributed by atoms with Gasteiger partial charge in [-0.2, -0.15) is 0 Å². The van der Waals surface area contributed by atoms with Crippen molar-refractivity contribution in [2.75, 3.05) is 0 Å². The average Bonchev–Trinajstić information content (AvgIpc) is 2.17. The van der Waals surface area contributed by atoms with Crippen LogP contribution in [0, 0.1) is 0 Å². The van der Waals surface area contributed by atoms with E-state index < -0.39 is 0 Å². The molecule has 0 aromatic heterocycles. The van der Waals surface area contributed by atoms with Crippen molar-refractivity contribution in [2.45, 2.75) is 19.4 Å². The van der Waals surface area contributed by atoms with Crippen LogP contribution in [0.5, 0.6) is 0 Å². The van der Waals surface area contributed by atoms with Crippen LogP contribution in [0.1, 0.15) is 24.9 Å². The second-order valence-corrected chi connectivity index (χ2v) is 2.90. The molecule has 2 N–H and O–H groups in total. The molecular weight excluding hydrogens is 146 g/mol. The second-order valence-electron chi connectivity index (χ2n) is 2.90. The first-order chi connectivity index (χ1) is 5.75. The minimum absolute atomic E-state index is 0.00352. The molecular formula is C11H15N. The van der Waals surface area contributed by atoms with E-state index >= 15 is 0 Å². The van der Waals surface area contributed by atoms with Crippen molar-refractivity contribution in [3.8, 4) is 0 Å². The molecule has 1 aromatic rings. The summed E-state index contributed by atoms with van der Waals surface area (Å²) in [4.78, 5) is 0. The quantitative estimate of drug-likeness (QED) is 0.678. The molecule has 0 aliphatic rings. The average molecular weight is 161 g/mol. The Morgan fingerprint density at radius 1 is 1.42 bits per heavy atom. The summed E-state index contributed by atoms with van der Waals surface area (Å²) in [5.41, 5.74) is 8.18. The Bertz CT molecular complexity index is 251. The third-order valence-electron chi connectivity index (χ3n) is 2.05. The number of hydrogen-bond donors (Lipinski definition) is 1. The van der Waals surface area contributed by atoms with Crippen LogP contribution >= 0.6 is 0 Å². The molecule has 1 aromatic carbocycles. The molecule has 0 saturated heterocycles. The summed E-state index contributed by atoms with van der Waals surface area (Å²) in [6.07, 6.45) is 0.941. The fraction of sp³-hybridized carbons (Fsp3) is 0.273. The van der Waals surface area contributed by atoms with Gasteiger partial charge in [0.1, 0.15) is 0 Å². The van der Waals surface area contributed by atoms with Crippen LogP contribution in [0.25, 0.3) is 0 Å². The van der Waals surface area contributed by atoms with Gasteiger partial charge in [0.25, 0.3) is 0 Å². The molecule has 0 aliphatic carbocycles. The molecule has 1 atom stereocenters. The van der Waals surface area contributed by atoms with Gasteiger partial charge >= 0.3 is 0 Å². The highest BCUT2D eigenvalue weighted by atomic mass is 14.6. The zero-order valence-electron chi connectivity index (χ0n) is 7.46. The molecule has 0 amide bonds. The van der Waals surface area contributed by atoms with Gasteiger partial charge in [-0.1, -0.05) is 49.4 Å². The van der Waals surface area contributed by atoms with Crippen molar-refractivity contribution in [3.05, 3.63) is 48.0 Å². The maximum atomic E-state index is 5.95. The number of rotatable bonds is 3. The lowest BCUT2D eigenvalue weighted by molar-refractivity contribution is 0.805. The second kappa shape index (κ2) is 4.07. The van der Waals surface area contributed by atoms with Crippen LogP contribution in [0.3, 0.4) is 0 Å². The first-order valence-corrected chi connectivity index (χ1v) is 4.24. The Kier molecular flexibility index (Phi) is 3.06. The monoisotopic (exact) mass is 161 g/mol. The van der Waals surface area contributed by atoms with Crippen LogP contribution in [-0.2, 0) is 0 Å². The van der Waals surface area contributed by atoms with Crippen molar-refractivity contribution in [3.63, 3.8) is 0 Å². The van der Waals surface area contributed by atoms with E-state index in [0.29, 0.717) is 0 Å². The zero-order chi connectivity index (χ0) is 8.97. The lowest BCUT2D eigenvalue weighted by atomic mass is 9.99. The Balaban J connectivity index is 2.78. The minimum atomic E-state index is -0.00352. The summed E-state index contributed by atoms with van der Waals surface area (Å²) < 4.78 is 0. The predicted octanol–water partition coefficient (Wildman–Crippen LogP) is 2.65. The summed E-state index contributed by atoms with van der Waals surface area (Å²) in [5, 5.41) is 0. The third-order valence-corrected chi connectivity index (χ3v) is 2.05. The molecule has 0 fully saturated rings. The van der Waals surface area contributed by atoms with Gasteiger partial charge < -0.3 is 5.73 Å². The topological polar surface area (TPSA) is 26.0 Å². The van der Waals surface area contributed by atoms with Crippen LogP contribution in [0.2, 0.25) is 0 Å². The molecule has 1 nitrogen and oxygen atoms in total. The van der Waals surface area contributed by atoms with E-state index in [0.717, 1.165) is 17.6 Å². The number of benzene rings is 1. The van der Waals surface area contributed by atoms with E-state index in [4.69, 9.17) is 5.73 Å². The van der Waals surface area contributed by atoms with Crippen molar-refractivity contribution in [1.29, 1.82) is 0 Å². The molecule has 0 radical (unpaired) electrons. The van der Waals surface area contributed by atoms with E-state index in [9.17, 15) is 0 Å². The van der Waals surface area contributed by atoms with Crippen LogP contribution in [0.4, 0.5) is 0 Å². The summed E-state index contributed by atoms with van der Waals surface area (Å²) >= 11 is 0. The van der Waals surface area contributed by atoms with Gasteiger partial charge in [0.15, 0.2) is 0 Å². The minimum Gasteiger partial charge on any atom is -0.321 e. The Morgan fingerprint density at radius 3 is 2.50 bits per heavy atom. The molecule has 0 bridgehead atoms. The molecule has 0 saturated carbocycles. The van der Waals surface area contributed by atoms with Crippen LogP contribution in [0.15, 0.2) is 42.5 Å². The highest BCUT2D eigenvalue weighted by molar-refractivity contribution is 5.25. The van der Waals surface area contributed by atoms with Crippen LogP contribution in [-0.4, -0.2) is 0 Å². The van der Waals surface area contributed by atoms with E-state index in [1.807, 2.05) is 30.3 Å². The summed E-state index contributed by atoms with van der Waals surface area (Å²) in [7, 11) is 0. The molecule has 1 heteroatoms. The smallest absolute Gasteiger partial charge is 0.0508 e. The van der Waals surface area contributed by atoms with Crippen molar-refractivity contribution in [2.24, 2.45) is 5.73 Å². The molecule has 0 aliphatic heterocycles. The maximum absolute atomic E-state index is 5.95. The van der Waals surface area contributed by atoms with E-state index in [1.165, 1.54) is 0 Å². The normalized spacial score (nSPS) is 12.5. The van der Waals surface area contributed by atoms with Crippen LogP contribution < -0.4 is 5.73 Å². The summed E-state index contributed by atoms with van der Waals surface area (Å²) in [6, 6.07) is 10.1. The van der Waals surface area contributed by atoms with Gasteiger partial charge in [-0.3, -0.25) is 0 Å². The predicted molar refractivity (Wildman–Crippen MR) is 52.8 cm³/mol. The molecule has 0 unspecified atom stereocenters. The lowest BCUT2D eigenvalue weighted by Crippen LogP contribution is -2.11. The summed E-state index contributed by atoms with van der Waals surface area (Å²) in [6.45, 7) is 6.00. The zero-order valence-corrected chi connectivity index (χ0v) is 7.46. The molecule has 64 valence electrons. The number of hydrogen-bond acceptors (Lipinski definition) is 1. The Hall–Kier alpha value is -1.08. The summed E-state index contributed by atoms with van der Waals surface area (Å²) in [5.74, 6) is 0. The van der Waals surface area contributed by atoms with Crippen molar-refractivity contribution >= 4 is 0 Å². The first kappa shape index (κ1) is 9.01. The van der Waals surface area contributed by atoms with Crippen molar-refractivity contribution in [1.82, 2.24) is 0 Å². The molecule has 1 rings (SSSR count). The third kappa shape index (κ3) is 1.95. The van der Waals surface area contributed by atoms with Crippen molar-refractivity contribution < 1.29 is 0 Å². The maximum Gasteiger partial charge on any atom is 0.0508 e.